The van der Waals surface area contributed by atoms with Gasteiger partial charge in [0, 0.05) is 30.1 Å². The topological polar surface area (TPSA) is 91.7 Å². The fraction of sp³-hybridized carbons (Fsp3) is 0.0769. The highest BCUT2D eigenvalue weighted by molar-refractivity contribution is 6.07. The maximum atomic E-state index is 14.6. The first kappa shape index (κ1) is 22.0. The molecule has 0 aliphatic carbocycles. The number of hydrogen-bond acceptors (Lipinski definition) is 6. The third-order valence-electron chi connectivity index (χ3n) is 5.58. The first-order valence-corrected chi connectivity index (χ1v) is 10.5. The van der Waals surface area contributed by atoms with Gasteiger partial charge in [-0.1, -0.05) is 18.1 Å². The molecule has 3 heterocycles. The van der Waals surface area contributed by atoms with Crippen molar-refractivity contribution >= 4 is 16.9 Å². The Balaban J connectivity index is 1.68. The third-order valence-corrected chi connectivity index (χ3v) is 5.58. The van der Waals surface area contributed by atoms with Crippen molar-refractivity contribution in [1.82, 2.24) is 24.5 Å². The average molecular weight is 468 g/mol. The fourth-order valence-corrected chi connectivity index (χ4v) is 4.01. The molecular weight excluding hydrogens is 450 g/mol. The van der Waals surface area contributed by atoms with Crippen LogP contribution in [0.15, 0.2) is 55.0 Å². The standard InChI is InChI=1S/C26H18F2N6O/c1-4-18-19(27)11-16(12-20(18)28)23-21(22-24(29)31-13-32-25(22)34(23)3)15-5-7-17(8-6-15)35-26-30-10-9-14(2)33-26/h1,5-13H,2-3H3,(H2,29,31,32). The molecule has 9 heteroatoms. The first-order chi connectivity index (χ1) is 16.9. The van der Waals surface area contributed by atoms with Crippen LogP contribution < -0.4 is 10.5 Å². The molecule has 0 unspecified atom stereocenters. The van der Waals surface area contributed by atoms with E-state index in [9.17, 15) is 8.78 Å². The van der Waals surface area contributed by atoms with Crippen molar-refractivity contribution in [1.29, 1.82) is 0 Å². The normalized spacial score (nSPS) is 10.9. The van der Waals surface area contributed by atoms with Crippen LogP contribution in [0.1, 0.15) is 11.3 Å². The van der Waals surface area contributed by atoms with E-state index >= 15 is 0 Å². The van der Waals surface area contributed by atoms with Crippen LogP contribution in [0.25, 0.3) is 33.4 Å². The van der Waals surface area contributed by atoms with E-state index in [2.05, 4.69) is 19.9 Å². The molecule has 0 aliphatic rings. The van der Waals surface area contributed by atoms with Gasteiger partial charge >= 0.3 is 6.01 Å². The first-order valence-electron chi connectivity index (χ1n) is 10.5. The molecule has 2 aromatic carbocycles. The molecule has 0 fully saturated rings. The summed E-state index contributed by atoms with van der Waals surface area (Å²) in [6.45, 7) is 1.84. The van der Waals surface area contributed by atoms with E-state index in [0.717, 1.165) is 5.69 Å². The van der Waals surface area contributed by atoms with Gasteiger partial charge in [-0.15, -0.1) is 6.42 Å². The Bertz CT molecular complexity index is 1610. The van der Waals surface area contributed by atoms with Crippen LogP contribution >= 0.6 is 0 Å². The molecule has 35 heavy (non-hydrogen) atoms. The van der Waals surface area contributed by atoms with E-state index in [-0.39, 0.29) is 17.4 Å². The van der Waals surface area contributed by atoms with Crippen molar-refractivity contribution in [2.75, 3.05) is 5.73 Å². The van der Waals surface area contributed by atoms with Gasteiger partial charge in [0.2, 0.25) is 0 Å². The van der Waals surface area contributed by atoms with Crippen LogP contribution in [0.3, 0.4) is 0 Å². The van der Waals surface area contributed by atoms with E-state index in [1.165, 1.54) is 18.5 Å². The highest BCUT2D eigenvalue weighted by atomic mass is 19.1. The summed E-state index contributed by atoms with van der Waals surface area (Å²) in [6.07, 6.45) is 8.21. The number of nitrogen functional groups attached to an aromatic ring is 1. The molecule has 2 N–H and O–H groups in total. The Morgan fingerprint density at radius 3 is 2.37 bits per heavy atom. The van der Waals surface area contributed by atoms with Crippen LogP contribution in [0.5, 0.6) is 11.8 Å². The molecule has 0 bridgehead atoms. The lowest BCUT2D eigenvalue weighted by molar-refractivity contribution is 0.440. The summed E-state index contributed by atoms with van der Waals surface area (Å²) >= 11 is 0. The average Bonchev–Trinajstić information content (AvgIpc) is 3.13. The summed E-state index contributed by atoms with van der Waals surface area (Å²) in [4.78, 5) is 16.8. The van der Waals surface area contributed by atoms with E-state index in [1.54, 1.807) is 48.1 Å². The highest BCUT2D eigenvalue weighted by Crippen LogP contribution is 2.42. The Hall–Kier alpha value is -4.84. The molecule has 0 atom stereocenters. The molecule has 7 nitrogen and oxygen atoms in total. The van der Waals surface area contributed by atoms with Gasteiger partial charge in [0.15, 0.2) is 0 Å². The maximum absolute atomic E-state index is 14.6. The van der Waals surface area contributed by atoms with E-state index < -0.39 is 17.2 Å². The van der Waals surface area contributed by atoms with Gasteiger partial charge in [-0.05, 0) is 42.8 Å². The van der Waals surface area contributed by atoms with Gasteiger partial charge in [0.1, 0.15) is 35.2 Å². The predicted octanol–water partition coefficient (Wildman–Crippen LogP) is 5.03. The van der Waals surface area contributed by atoms with Gasteiger partial charge in [-0.2, -0.15) is 0 Å². The van der Waals surface area contributed by atoms with Crippen LogP contribution in [0.2, 0.25) is 0 Å². The number of rotatable bonds is 4. The van der Waals surface area contributed by atoms with Crippen molar-refractivity contribution in [3.63, 3.8) is 0 Å². The molecule has 3 aromatic heterocycles. The smallest absolute Gasteiger partial charge is 0.322 e. The summed E-state index contributed by atoms with van der Waals surface area (Å²) in [5.74, 6) is 1.13. The summed E-state index contributed by atoms with van der Waals surface area (Å²) in [5.41, 5.74) is 9.21. The number of terminal acetylenes is 1. The minimum absolute atomic E-state index is 0.223. The number of ether oxygens (including phenoxy) is 1. The van der Waals surface area contributed by atoms with Crippen molar-refractivity contribution in [2.45, 2.75) is 6.92 Å². The molecule has 0 saturated carbocycles. The molecule has 172 valence electrons. The van der Waals surface area contributed by atoms with Gasteiger partial charge in [0.05, 0.1) is 16.6 Å². The molecule has 5 rings (SSSR count). The zero-order valence-corrected chi connectivity index (χ0v) is 18.8. The van der Waals surface area contributed by atoms with Crippen molar-refractivity contribution in [3.05, 3.63) is 77.9 Å². The molecule has 0 amide bonds. The number of fused-ring (bicyclic) bond motifs is 1. The Labute approximate surface area is 199 Å². The lowest BCUT2D eigenvalue weighted by atomic mass is 9.97. The lowest BCUT2D eigenvalue weighted by Crippen LogP contribution is -1.98. The zero-order valence-electron chi connectivity index (χ0n) is 18.8. The predicted molar refractivity (Wildman–Crippen MR) is 128 cm³/mol. The fourth-order valence-electron chi connectivity index (χ4n) is 4.01. The summed E-state index contributed by atoms with van der Waals surface area (Å²) in [5, 5.41) is 0.558. The second-order valence-electron chi connectivity index (χ2n) is 7.81. The van der Waals surface area contributed by atoms with Crippen LogP contribution in [-0.4, -0.2) is 24.5 Å². The second-order valence-corrected chi connectivity index (χ2v) is 7.81. The zero-order chi connectivity index (χ0) is 24.7. The van der Waals surface area contributed by atoms with E-state index in [1.807, 2.05) is 12.8 Å². The second kappa shape index (κ2) is 8.50. The largest absolute Gasteiger partial charge is 0.424 e. The Morgan fingerprint density at radius 2 is 1.71 bits per heavy atom. The van der Waals surface area contributed by atoms with E-state index in [0.29, 0.717) is 33.6 Å². The van der Waals surface area contributed by atoms with Gasteiger partial charge in [-0.3, -0.25) is 0 Å². The summed E-state index contributed by atoms with van der Waals surface area (Å²) < 4.78 is 36.7. The number of nitrogens with two attached hydrogens (primary N) is 1. The van der Waals surface area contributed by atoms with Crippen molar-refractivity contribution in [3.8, 4) is 46.5 Å². The molecule has 0 radical (unpaired) electrons. The van der Waals surface area contributed by atoms with Gasteiger partial charge in [-0.25, -0.2) is 28.7 Å². The minimum atomic E-state index is -0.834. The number of halogens is 2. The number of aromatic nitrogens is 5. The van der Waals surface area contributed by atoms with Crippen LogP contribution in [0, 0.1) is 30.9 Å². The molecule has 0 spiro atoms. The lowest BCUT2D eigenvalue weighted by Gasteiger charge is -2.11. The van der Waals surface area contributed by atoms with Crippen LogP contribution in [0.4, 0.5) is 14.6 Å². The quantitative estimate of drug-likeness (QED) is 0.372. The maximum Gasteiger partial charge on any atom is 0.322 e. The number of anilines is 1. The number of nitrogens with zero attached hydrogens (tertiary/aromatic N) is 5. The SMILES string of the molecule is C#Cc1c(F)cc(-c2c(-c3ccc(Oc4nccc(C)n4)cc3)c3c(N)ncnc3n2C)cc1F. The molecule has 5 aromatic rings. The van der Waals surface area contributed by atoms with E-state index in [4.69, 9.17) is 16.9 Å². The van der Waals surface area contributed by atoms with Gasteiger partial charge < -0.3 is 15.0 Å². The third kappa shape index (κ3) is 3.81. The van der Waals surface area contributed by atoms with Crippen LogP contribution in [-0.2, 0) is 7.05 Å². The summed E-state index contributed by atoms with van der Waals surface area (Å²) in [7, 11) is 1.74. The number of benzene rings is 2. The highest BCUT2D eigenvalue weighted by Gasteiger charge is 2.23. The molecular formula is C26H18F2N6O. The number of aryl methyl sites for hydroxylation is 2. The number of hydrogen-bond donors (Lipinski definition) is 1. The van der Waals surface area contributed by atoms with Crippen molar-refractivity contribution in [2.24, 2.45) is 7.05 Å². The molecule has 0 aliphatic heterocycles. The Kier molecular flexibility index (Phi) is 5.34. The molecule has 0 saturated heterocycles. The monoisotopic (exact) mass is 468 g/mol. The van der Waals surface area contributed by atoms with Crippen molar-refractivity contribution < 1.29 is 13.5 Å². The van der Waals surface area contributed by atoms with Gasteiger partial charge in [0.25, 0.3) is 0 Å². The minimum Gasteiger partial charge on any atom is -0.424 e. The summed E-state index contributed by atoms with van der Waals surface area (Å²) in [6, 6.07) is 11.5. The Morgan fingerprint density at radius 1 is 1.00 bits per heavy atom.